The molecule has 1 aromatic rings. The van der Waals surface area contributed by atoms with E-state index >= 15 is 0 Å². The molecule has 3 rings (SSSR count). The van der Waals surface area contributed by atoms with Gasteiger partial charge < -0.3 is 5.32 Å². The highest BCUT2D eigenvalue weighted by Crippen LogP contribution is 2.42. The highest BCUT2D eigenvalue weighted by Gasteiger charge is 2.46. The second kappa shape index (κ2) is 3.29. The molecule has 2 fully saturated rings. The predicted octanol–water partition coefficient (Wildman–Crippen LogP) is 1.82. The summed E-state index contributed by atoms with van der Waals surface area (Å²) in [6.45, 7) is 0. The normalized spacial score (nSPS) is 38.9. The van der Waals surface area contributed by atoms with Crippen LogP contribution in [-0.2, 0) is 5.41 Å². The summed E-state index contributed by atoms with van der Waals surface area (Å²) >= 11 is 1.62. The minimum Gasteiger partial charge on any atom is -0.311 e. The zero-order valence-electron chi connectivity index (χ0n) is 8.44. The van der Waals surface area contributed by atoms with Crippen molar-refractivity contribution in [1.29, 1.82) is 5.26 Å². The van der Waals surface area contributed by atoms with E-state index in [0.29, 0.717) is 12.1 Å². The number of fused-ring (bicyclic) bond motifs is 2. The third-order valence-electron chi connectivity index (χ3n) is 3.58. The minimum atomic E-state index is -0.300. The van der Waals surface area contributed by atoms with Crippen molar-refractivity contribution >= 4 is 11.3 Å². The zero-order chi connectivity index (χ0) is 10.3. The Morgan fingerprint density at radius 3 is 2.73 bits per heavy atom. The van der Waals surface area contributed by atoms with Crippen molar-refractivity contribution in [2.45, 2.75) is 43.2 Å². The monoisotopic (exact) mass is 219 g/mol. The van der Waals surface area contributed by atoms with Crippen molar-refractivity contribution in [2.75, 3.05) is 0 Å². The highest BCUT2D eigenvalue weighted by molar-refractivity contribution is 7.09. The summed E-state index contributed by atoms with van der Waals surface area (Å²) in [4.78, 5) is 4.35. The van der Waals surface area contributed by atoms with Crippen molar-refractivity contribution in [3.8, 4) is 6.07 Å². The van der Waals surface area contributed by atoms with Crippen molar-refractivity contribution < 1.29 is 0 Å². The number of rotatable bonds is 1. The highest BCUT2D eigenvalue weighted by atomic mass is 32.1. The van der Waals surface area contributed by atoms with Gasteiger partial charge in [0, 0.05) is 23.7 Å². The molecule has 2 aliphatic rings. The topological polar surface area (TPSA) is 48.7 Å². The molecule has 3 heterocycles. The van der Waals surface area contributed by atoms with Crippen LogP contribution < -0.4 is 5.32 Å². The van der Waals surface area contributed by atoms with Crippen LogP contribution in [0, 0.1) is 11.3 Å². The van der Waals surface area contributed by atoms with E-state index in [1.165, 1.54) is 12.8 Å². The summed E-state index contributed by atoms with van der Waals surface area (Å²) in [5, 5.41) is 16.0. The molecule has 0 amide bonds. The maximum atomic E-state index is 9.47. The van der Waals surface area contributed by atoms with Gasteiger partial charge in [-0.2, -0.15) is 5.26 Å². The van der Waals surface area contributed by atoms with Gasteiger partial charge in [0.2, 0.25) is 0 Å². The molecule has 2 unspecified atom stereocenters. The molecule has 2 bridgehead atoms. The number of nitrogens with zero attached hydrogens (tertiary/aromatic N) is 2. The van der Waals surface area contributed by atoms with Crippen LogP contribution >= 0.6 is 11.3 Å². The maximum absolute atomic E-state index is 9.47. The molecule has 4 heteroatoms. The van der Waals surface area contributed by atoms with Crippen molar-refractivity contribution in [3.05, 3.63) is 16.6 Å². The van der Waals surface area contributed by atoms with Crippen LogP contribution in [0.1, 0.15) is 30.7 Å². The van der Waals surface area contributed by atoms with Gasteiger partial charge in [0.05, 0.1) is 6.07 Å². The van der Waals surface area contributed by atoms with Crippen LogP contribution in [0.2, 0.25) is 0 Å². The Bertz CT molecular complexity index is 380. The number of thiazole rings is 1. The van der Waals surface area contributed by atoms with Crippen LogP contribution in [0.25, 0.3) is 0 Å². The largest absolute Gasteiger partial charge is 0.311 e. The van der Waals surface area contributed by atoms with Crippen LogP contribution in [-0.4, -0.2) is 17.1 Å². The summed E-state index contributed by atoms with van der Waals surface area (Å²) < 4.78 is 0. The predicted molar refractivity (Wildman–Crippen MR) is 58.6 cm³/mol. The lowest BCUT2D eigenvalue weighted by Crippen LogP contribution is -2.46. The van der Waals surface area contributed by atoms with Gasteiger partial charge in [-0.25, -0.2) is 4.98 Å². The van der Waals surface area contributed by atoms with Gasteiger partial charge in [0.25, 0.3) is 0 Å². The third-order valence-corrected chi connectivity index (χ3v) is 4.56. The molecule has 3 nitrogen and oxygen atoms in total. The van der Waals surface area contributed by atoms with Crippen LogP contribution in [0.4, 0.5) is 0 Å². The fraction of sp³-hybridized carbons (Fsp3) is 0.636. The first-order chi connectivity index (χ1) is 7.32. The fourth-order valence-corrected chi connectivity index (χ4v) is 3.73. The Kier molecular flexibility index (Phi) is 2.04. The molecule has 78 valence electrons. The molecule has 0 radical (unpaired) electrons. The maximum Gasteiger partial charge on any atom is 0.113 e. The summed E-state index contributed by atoms with van der Waals surface area (Å²) in [6, 6.07) is 3.60. The zero-order valence-corrected chi connectivity index (χ0v) is 9.26. The Labute approximate surface area is 93.1 Å². The second-order valence-corrected chi connectivity index (χ2v) is 5.47. The third kappa shape index (κ3) is 1.38. The molecule has 2 atom stereocenters. The average molecular weight is 219 g/mol. The van der Waals surface area contributed by atoms with Crippen LogP contribution in [0.3, 0.4) is 0 Å². The van der Waals surface area contributed by atoms with Gasteiger partial charge >= 0.3 is 0 Å². The van der Waals surface area contributed by atoms with Crippen LogP contribution in [0.5, 0.6) is 0 Å². The number of nitriles is 1. The molecule has 0 aliphatic carbocycles. The van der Waals surface area contributed by atoms with E-state index in [9.17, 15) is 5.26 Å². The molecule has 2 saturated heterocycles. The van der Waals surface area contributed by atoms with Gasteiger partial charge in [-0.15, -0.1) is 11.3 Å². The molecular weight excluding hydrogens is 206 g/mol. The van der Waals surface area contributed by atoms with Gasteiger partial charge in [-0.3, -0.25) is 0 Å². The fourth-order valence-electron chi connectivity index (χ4n) is 2.92. The van der Waals surface area contributed by atoms with Gasteiger partial charge in [-0.05, 0) is 25.7 Å². The van der Waals surface area contributed by atoms with E-state index in [2.05, 4.69) is 16.4 Å². The number of hydrogen-bond donors (Lipinski definition) is 1. The van der Waals surface area contributed by atoms with Crippen molar-refractivity contribution in [3.63, 3.8) is 0 Å². The Hall–Kier alpha value is -0.920. The minimum absolute atomic E-state index is 0.300. The summed E-state index contributed by atoms with van der Waals surface area (Å²) in [5.74, 6) is 0. The van der Waals surface area contributed by atoms with E-state index in [1.807, 2.05) is 11.6 Å². The van der Waals surface area contributed by atoms with Gasteiger partial charge in [-0.1, -0.05) is 0 Å². The molecule has 0 aromatic carbocycles. The SMILES string of the molecule is N#CC1(c2nccs2)CC2CCC(C1)N2. The molecule has 0 spiro atoms. The van der Waals surface area contributed by atoms with Crippen LogP contribution in [0.15, 0.2) is 11.6 Å². The number of aromatic nitrogens is 1. The van der Waals surface area contributed by atoms with Crippen molar-refractivity contribution in [2.24, 2.45) is 0 Å². The van der Waals surface area contributed by atoms with E-state index in [0.717, 1.165) is 17.8 Å². The second-order valence-electron chi connectivity index (χ2n) is 4.58. The molecule has 1 aromatic heterocycles. The van der Waals surface area contributed by atoms with E-state index in [1.54, 1.807) is 11.3 Å². The molecular formula is C11H13N3S. The number of nitrogens with one attached hydrogen (secondary N) is 1. The Morgan fingerprint density at radius 1 is 1.47 bits per heavy atom. The average Bonchev–Trinajstić information content (AvgIpc) is 2.88. The first kappa shape index (κ1) is 9.32. The molecule has 15 heavy (non-hydrogen) atoms. The van der Waals surface area contributed by atoms with E-state index in [-0.39, 0.29) is 5.41 Å². The Balaban J connectivity index is 1.98. The smallest absolute Gasteiger partial charge is 0.113 e. The lowest BCUT2D eigenvalue weighted by atomic mass is 9.77. The van der Waals surface area contributed by atoms with Gasteiger partial charge in [0.1, 0.15) is 10.4 Å². The summed E-state index contributed by atoms with van der Waals surface area (Å²) in [6.07, 6.45) is 6.13. The van der Waals surface area contributed by atoms with E-state index < -0.39 is 0 Å². The number of piperidine rings is 1. The summed E-state index contributed by atoms with van der Waals surface area (Å²) in [5.41, 5.74) is -0.300. The van der Waals surface area contributed by atoms with E-state index in [4.69, 9.17) is 0 Å². The Morgan fingerprint density at radius 2 is 2.20 bits per heavy atom. The lowest BCUT2D eigenvalue weighted by Gasteiger charge is -2.34. The first-order valence-electron chi connectivity index (χ1n) is 5.40. The standard InChI is InChI=1S/C11H13N3S/c12-7-11(10-13-3-4-15-10)5-8-1-2-9(6-11)14-8/h3-4,8-9,14H,1-2,5-6H2. The first-order valence-corrected chi connectivity index (χ1v) is 6.28. The number of hydrogen-bond acceptors (Lipinski definition) is 4. The van der Waals surface area contributed by atoms with Crippen molar-refractivity contribution in [1.82, 2.24) is 10.3 Å². The molecule has 0 saturated carbocycles. The lowest BCUT2D eigenvalue weighted by molar-refractivity contribution is 0.304. The van der Waals surface area contributed by atoms with Gasteiger partial charge in [0.15, 0.2) is 0 Å². The molecule has 2 aliphatic heterocycles. The quantitative estimate of drug-likeness (QED) is 0.783. The molecule has 1 N–H and O–H groups in total. The summed E-state index contributed by atoms with van der Waals surface area (Å²) in [7, 11) is 0.